The molecule has 0 aliphatic rings. The quantitative estimate of drug-likeness (QED) is 0.322. The fourth-order valence-corrected chi connectivity index (χ4v) is 0. The van der Waals surface area contributed by atoms with Crippen molar-refractivity contribution in [2.45, 2.75) is 0 Å². The maximum atomic E-state index is 9.15. The van der Waals surface area contributed by atoms with Gasteiger partial charge in [-0.2, -0.15) is 0 Å². The van der Waals surface area contributed by atoms with E-state index in [2.05, 4.69) is 6.47 Å². The van der Waals surface area contributed by atoms with Gasteiger partial charge in [0.2, 0.25) is 0 Å². The first-order chi connectivity index (χ1) is 1.91. The minimum atomic E-state index is 0.0123. The maximum absolute atomic E-state index is 9.15. The molecule has 0 bridgehead atoms. The number of rotatable bonds is 1. The molecule has 3 heteroatoms. The van der Waals surface area contributed by atoms with E-state index in [-0.39, 0.29) is 8.34 Å². The summed E-state index contributed by atoms with van der Waals surface area (Å²) in [6.45, 7) is 4.45. The molecule has 0 rings (SSSR count). The first-order valence-electron chi connectivity index (χ1n) is 0.849. The fourth-order valence-electron chi connectivity index (χ4n) is 0. The Morgan fingerprint density at radius 3 is 2.25 bits per heavy atom. The molecular formula is CH2BOP. The van der Waals surface area contributed by atoms with Crippen LogP contribution in [0.5, 0.6) is 0 Å². The van der Waals surface area contributed by atoms with Crippen molar-refractivity contribution in [1.82, 2.24) is 0 Å². The van der Waals surface area contributed by atoms with Crippen LogP contribution in [-0.2, 0) is 4.57 Å². The second-order valence-electron chi connectivity index (χ2n) is 0.288. The molecule has 0 aliphatic heterocycles. The van der Waals surface area contributed by atoms with Crippen molar-refractivity contribution >= 4 is 21.4 Å². The van der Waals surface area contributed by atoms with Crippen molar-refractivity contribution < 1.29 is 4.57 Å². The predicted molar refractivity (Wildman–Crippen MR) is 20.5 cm³/mol. The average molecular weight is 71.8 g/mol. The van der Waals surface area contributed by atoms with Gasteiger partial charge in [0.25, 0.3) is 0 Å². The van der Waals surface area contributed by atoms with E-state index in [1.165, 1.54) is 6.64 Å². The van der Waals surface area contributed by atoms with Crippen LogP contribution in [0.2, 0.25) is 0 Å². The summed E-state index contributed by atoms with van der Waals surface area (Å²) in [7, 11) is 0.0123. The third-order valence-corrected chi connectivity index (χ3v) is 0.224. The normalized spacial score (nSPS) is 6.00. The minimum absolute atomic E-state index is 0.0123. The Bertz CT molecular complexity index is 29.0. The Labute approximate surface area is 27.1 Å². The van der Waals surface area contributed by atoms with Gasteiger partial charge in [-0.1, -0.05) is 0 Å². The Balaban J connectivity index is 2.73. The molecule has 0 aliphatic carbocycles. The molecule has 0 spiro atoms. The van der Waals surface area contributed by atoms with Crippen LogP contribution in [0.4, 0.5) is 0 Å². The van der Waals surface area contributed by atoms with E-state index in [0.29, 0.717) is 0 Å². The molecule has 0 heterocycles. The van der Waals surface area contributed by atoms with Crippen LogP contribution in [0, 0.1) is 0 Å². The van der Waals surface area contributed by atoms with Gasteiger partial charge in [0.15, 0.2) is 0 Å². The van der Waals surface area contributed by atoms with Crippen LogP contribution in [0.25, 0.3) is 0 Å². The molecule has 1 nitrogen and oxygen atoms in total. The van der Waals surface area contributed by atoms with E-state index >= 15 is 0 Å². The summed E-state index contributed by atoms with van der Waals surface area (Å²) in [5.74, 6) is 0. The van der Waals surface area contributed by atoms with Gasteiger partial charge in [0.05, 0.1) is 0 Å². The average Bonchev–Trinajstić information content (AvgIpc) is 1.37. The number of hydrogen-bond donors (Lipinski definition) is 0. The number of hydrogen-bond acceptors (Lipinski definition) is 1. The van der Waals surface area contributed by atoms with E-state index in [1.54, 1.807) is 0 Å². The fraction of sp³-hybridized carbons (Fsp3) is 0. The third-order valence-electron chi connectivity index (χ3n) is 0.0745. The topological polar surface area (TPSA) is 17.1 Å². The third kappa shape index (κ3) is 2.03. The van der Waals surface area contributed by atoms with Crippen LogP contribution >= 0.6 is 8.34 Å². The molecule has 0 aromatic rings. The molecule has 0 aromatic heterocycles. The zero-order valence-electron chi connectivity index (χ0n) is 2.14. The van der Waals surface area contributed by atoms with Crippen molar-refractivity contribution in [3.8, 4) is 0 Å². The van der Waals surface area contributed by atoms with Crippen molar-refractivity contribution in [3.63, 3.8) is 0 Å². The summed E-state index contributed by atoms with van der Waals surface area (Å²) in [5.41, 5.74) is 0. The molecule has 0 amide bonds. The van der Waals surface area contributed by atoms with Gasteiger partial charge >= 0.3 is 26.0 Å². The molecule has 0 saturated heterocycles. The SMILES string of the molecule is C=BP=O. The Morgan fingerprint density at radius 1 is 2.00 bits per heavy atom. The summed E-state index contributed by atoms with van der Waals surface area (Å²) in [6.07, 6.45) is 0. The Hall–Kier alpha value is 0.0349. The molecule has 0 radical (unpaired) electrons. The summed E-state index contributed by atoms with van der Waals surface area (Å²) in [4.78, 5) is 0. The van der Waals surface area contributed by atoms with Gasteiger partial charge in [-0.3, -0.25) is 0 Å². The van der Waals surface area contributed by atoms with Crippen LogP contribution in [0.3, 0.4) is 0 Å². The van der Waals surface area contributed by atoms with Crippen LogP contribution in [-0.4, -0.2) is 13.1 Å². The molecular weight excluding hydrogens is 69.8 g/mol. The van der Waals surface area contributed by atoms with E-state index in [4.69, 9.17) is 4.57 Å². The summed E-state index contributed by atoms with van der Waals surface area (Å²) >= 11 is 0. The Morgan fingerprint density at radius 2 is 2.25 bits per heavy atom. The van der Waals surface area contributed by atoms with Crippen molar-refractivity contribution in [3.05, 3.63) is 0 Å². The molecule has 0 aromatic carbocycles. The van der Waals surface area contributed by atoms with Crippen molar-refractivity contribution in [2.75, 3.05) is 0 Å². The zero-order chi connectivity index (χ0) is 3.41. The Kier molecular flexibility index (Phi) is 3.06. The van der Waals surface area contributed by atoms with E-state index in [9.17, 15) is 0 Å². The predicted octanol–water partition coefficient (Wildman–Crippen LogP) is 0.329. The van der Waals surface area contributed by atoms with Crippen LogP contribution < -0.4 is 0 Å². The monoisotopic (exact) mass is 72.0 g/mol. The molecule has 20 valence electrons. The second kappa shape index (κ2) is 3.03. The van der Waals surface area contributed by atoms with Crippen LogP contribution in [0.1, 0.15) is 0 Å². The second-order valence-corrected chi connectivity index (χ2v) is 0.864. The van der Waals surface area contributed by atoms with Crippen molar-refractivity contribution in [2.24, 2.45) is 0 Å². The first-order valence-corrected chi connectivity index (χ1v) is 1.73. The summed E-state index contributed by atoms with van der Waals surface area (Å²) < 4.78 is 9.15. The van der Waals surface area contributed by atoms with Gasteiger partial charge in [0.1, 0.15) is 0 Å². The first kappa shape index (κ1) is 4.03. The molecule has 4 heavy (non-hydrogen) atoms. The summed E-state index contributed by atoms with van der Waals surface area (Å²) in [5, 5.41) is 0. The van der Waals surface area contributed by atoms with Crippen molar-refractivity contribution in [1.29, 1.82) is 0 Å². The van der Waals surface area contributed by atoms with E-state index < -0.39 is 0 Å². The standard InChI is InChI=1S/CH2BOP/c1-2-4-3/h1H2. The van der Waals surface area contributed by atoms with Gasteiger partial charge in [-0.05, 0) is 0 Å². The zero-order valence-corrected chi connectivity index (χ0v) is 3.03. The van der Waals surface area contributed by atoms with Gasteiger partial charge in [0, 0.05) is 0 Å². The van der Waals surface area contributed by atoms with Gasteiger partial charge < -0.3 is 0 Å². The summed E-state index contributed by atoms with van der Waals surface area (Å²) in [6, 6.07) is 0. The van der Waals surface area contributed by atoms with Gasteiger partial charge in [-0.25, -0.2) is 0 Å². The van der Waals surface area contributed by atoms with E-state index in [1.807, 2.05) is 0 Å². The van der Waals surface area contributed by atoms with Crippen LogP contribution in [0.15, 0.2) is 0 Å². The molecule has 0 atom stereocenters. The molecule has 0 saturated carbocycles. The molecule has 0 fully saturated rings. The van der Waals surface area contributed by atoms with Gasteiger partial charge in [-0.15, -0.1) is 0 Å². The molecule has 0 N–H and O–H groups in total. The van der Waals surface area contributed by atoms with E-state index in [0.717, 1.165) is 0 Å². The molecule has 0 unspecified atom stereocenters.